The zero-order valence-electron chi connectivity index (χ0n) is 16.4. The molecule has 1 aromatic carbocycles. The minimum absolute atomic E-state index is 0.779. The molecule has 144 valence electrons. The summed E-state index contributed by atoms with van der Waals surface area (Å²) in [4.78, 5) is 24.5. The van der Waals surface area contributed by atoms with Crippen LogP contribution in [0.4, 0.5) is 11.9 Å². The Hall–Kier alpha value is -3.06. The van der Waals surface area contributed by atoms with Gasteiger partial charge in [-0.3, -0.25) is 0 Å². The van der Waals surface area contributed by atoms with Crippen LogP contribution in [0.3, 0.4) is 0 Å². The monoisotopic (exact) mass is 375 g/mol. The van der Waals surface area contributed by atoms with Gasteiger partial charge in [-0.15, -0.1) is 0 Å². The Balaban J connectivity index is 1.41. The van der Waals surface area contributed by atoms with Crippen molar-refractivity contribution in [1.29, 1.82) is 0 Å². The van der Waals surface area contributed by atoms with Gasteiger partial charge in [0.1, 0.15) is 0 Å². The summed E-state index contributed by atoms with van der Waals surface area (Å²) in [5, 5.41) is 0. The smallest absolute Gasteiger partial charge is 0.225 e. The standard InChI is InChI=1S/C21H25N7/c1-26(2)16-17-5-3-6-18(13-17)19-14-24-21(25-15-19)28-11-9-27(10-12-28)20-22-7-4-8-23-20/h3-8,13-15H,9-12,16H2,1-2H3. The molecule has 0 N–H and O–H groups in total. The van der Waals surface area contributed by atoms with E-state index in [-0.39, 0.29) is 0 Å². The van der Waals surface area contributed by atoms with Crippen molar-refractivity contribution in [3.05, 3.63) is 60.7 Å². The van der Waals surface area contributed by atoms with Crippen LogP contribution in [0.2, 0.25) is 0 Å². The van der Waals surface area contributed by atoms with Crippen molar-refractivity contribution < 1.29 is 0 Å². The summed E-state index contributed by atoms with van der Waals surface area (Å²) in [6.07, 6.45) is 7.40. The van der Waals surface area contributed by atoms with Crippen LogP contribution in [-0.2, 0) is 6.54 Å². The van der Waals surface area contributed by atoms with Gasteiger partial charge < -0.3 is 14.7 Å². The van der Waals surface area contributed by atoms with Crippen LogP contribution in [0.15, 0.2) is 55.1 Å². The quantitative estimate of drug-likeness (QED) is 0.678. The Morgan fingerprint density at radius 3 is 2.00 bits per heavy atom. The fraction of sp³-hybridized carbons (Fsp3) is 0.333. The van der Waals surface area contributed by atoms with E-state index in [1.807, 2.05) is 18.5 Å². The minimum atomic E-state index is 0.779. The molecule has 7 heteroatoms. The molecule has 0 unspecified atom stereocenters. The molecule has 0 bridgehead atoms. The SMILES string of the molecule is CN(C)Cc1cccc(-c2cnc(N3CCN(c4ncccn4)CC3)nc2)c1. The molecule has 1 saturated heterocycles. The fourth-order valence-corrected chi connectivity index (χ4v) is 3.41. The molecule has 0 atom stereocenters. The Bertz CT molecular complexity index is 888. The summed E-state index contributed by atoms with van der Waals surface area (Å²) in [6.45, 7) is 4.36. The molecule has 1 aliphatic rings. The summed E-state index contributed by atoms with van der Waals surface area (Å²) in [5.74, 6) is 1.57. The highest BCUT2D eigenvalue weighted by molar-refractivity contribution is 5.63. The lowest BCUT2D eigenvalue weighted by atomic mass is 10.1. The number of hydrogen-bond donors (Lipinski definition) is 0. The highest BCUT2D eigenvalue weighted by Gasteiger charge is 2.20. The van der Waals surface area contributed by atoms with Gasteiger partial charge in [-0.25, -0.2) is 19.9 Å². The molecule has 0 radical (unpaired) electrons. The van der Waals surface area contributed by atoms with Crippen molar-refractivity contribution in [2.24, 2.45) is 0 Å². The van der Waals surface area contributed by atoms with E-state index in [0.717, 1.165) is 55.7 Å². The zero-order valence-corrected chi connectivity index (χ0v) is 16.4. The van der Waals surface area contributed by atoms with Crippen molar-refractivity contribution in [3.63, 3.8) is 0 Å². The predicted molar refractivity (Wildman–Crippen MR) is 111 cm³/mol. The van der Waals surface area contributed by atoms with Crippen LogP contribution in [0.25, 0.3) is 11.1 Å². The van der Waals surface area contributed by atoms with Crippen LogP contribution >= 0.6 is 0 Å². The van der Waals surface area contributed by atoms with Crippen LogP contribution in [-0.4, -0.2) is 65.1 Å². The van der Waals surface area contributed by atoms with E-state index in [1.54, 1.807) is 12.4 Å². The van der Waals surface area contributed by atoms with Gasteiger partial charge in [-0.2, -0.15) is 0 Å². The van der Waals surface area contributed by atoms with Crippen molar-refractivity contribution in [3.8, 4) is 11.1 Å². The second-order valence-corrected chi connectivity index (χ2v) is 7.23. The number of nitrogens with zero attached hydrogens (tertiary/aromatic N) is 7. The van der Waals surface area contributed by atoms with Gasteiger partial charge in [-0.1, -0.05) is 18.2 Å². The summed E-state index contributed by atoms with van der Waals surface area (Å²) >= 11 is 0. The Morgan fingerprint density at radius 2 is 1.39 bits per heavy atom. The largest absolute Gasteiger partial charge is 0.337 e. The first-order chi connectivity index (χ1) is 13.7. The zero-order chi connectivity index (χ0) is 19.3. The second-order valence-electron chi connectivity index (χ2n) is 7.23. The van der Waals surface area contributed by atoms with Gasteiger partial charge in [0.25, 0.3) is 0 Å². The van der Waals surface area contributed by atoms with E-state index in [2.05, 4.69) is 73.0 Å². The number of hydrogen-bond acceptors (Lipinski definition) is 7. The van der Waals surface area contributed by atoms with Crippen LogP contribution in [0.5, 0.6) is 0 Å². The molecular formula is C21H25N7. The number of piperazine rings is 1. The molecule has 0 saturated carbocycles. The summed E-state index contributed by atoms with van der Waals surface area (Å²) in [7, 11) is 4.16. The first kappa shape index (κ1) is 18.3. The topological polar surface area (TPSA) is 61.3 Å². The molecule has 0 spiro atoms. The van der Waals surface area contributed by atoms with Gasteiger partial charge in [-0.05, 0) is 37.4 Å². The Morgan fingerprint density at radius 1 is 0.786 bits per heavy atom. The third-order valence-corrected chi connectivity index (χ3v) is 4.79. The van der Waals surface area contributed by atoms with Gasteiger partial charge in [0.2, 0.25) is 11.9 Å². The predicted octanol–water partition coefficient (Wildman–Crippen LogP) is 2.32. The summed E-state index contributed by atoms with van der Waals surface area (Å²) < 4.78 is 0. The third-order valence-electron chi connectivity index (χ3n) is 4.79. The van der Waals surface area contributed by atoms with Gasteiger partial charge in [0, 0.05) is 63.1 Å². The summed E-state index contributed by atoms with van der Waals surface area (Å²) in [5.41, 5.74) is 3.48. The lowest BCUT2D eigenvalue weighted by molar-refractivity contribution is 0.402. The van der Waals surface area contributed by atoms with Gasteiger partial charge in [0.05, 0.1) is 0 Å². The van der Waals surface area contributed by atoms with Crippen LogP contribution in [0, 0.1) is 0 Å². The first-order valence-corrected chi connectivity index (χ1v) is 9.52. The molecule has 28 heavy (non-hydrogen) atoms. The van der Waals surface area contributed by atoms with Gasteiger partial charge >= 0.3 is 0 Å². The average Bonchev–Trinajstić information content (AvgIpc) is 2.74. The first-order valence-electron chi connectivity index (χ1n) is 9.52. The normalized spacial score (nSPS) is 14.5. The molecule has 0 amide bonds. The average molecular weight is 375 g/mol. The van der Waals surface area contributed by atoms with Crippen molar-refractivity contribution >= 4 is 11.9 Å². The van der Waals surface area contributed by atoms with Crippen molar-refractivity contribution in [2.75, 3.05) is 50.1 Å². The van der Waals surface area contributed by atoms with Crippen molar-refractivity contribution in [2.45, 2.75) is 6.54 Å². The number of aromatic nitrogens is 4. The maximum Gasteiger partial charge on any atom is 0.225 e. The molecule has 1 aliphatic heterocycles. The molecule has 0 aliphatic carbocycles. The number of anilines is 2. The van der Waals surface area contributed by atoms with E-state index in [9.17, 15) is 0 Å². The molecule has 3 heterocycles. The van der Waals surface area contributed by atoms with Gasteiger partial charge in [0.15, 0.2) is 0 Å². The van der Waals surface area contributed by atoms with Crippen molar-refractivity contribution in [1.82, 2.24) is 24.8 Å². The molecule has 1 fully saturated rings. The molecule has 7 nitrogen and oxygen atoms in total. The second kappa shape index (κ2) is 8.31. The highest BCUT2D eigenvalue weighted by atomic mass is 15.3. The van der Waals surface area contributed by atoms with E-state index >= 15 is 0 Å². The Kier molecular flexibility index (Phi) is 5.43. The molecule has 4 rings (SSSR count). The summed E-state index contributed by atoms with van der Waals surface area (Å²) in [6, 6.07) is 10.4. The Labute approximate surface area is 165 Å². The minimum Gasteiger partial charge on any atom is -0.337 e. The molecular weight excluding hydrogens is 350 g/mol. The number of benzene rings is 1. The van der Waals surface area contributed by atoms with Crippen LogP contribution < -0.4 is 9.80 Å². The van der Waals surface area contributed by atoms with E-state index in [4.69, 9.17) is 0 Å². The van der Waals surface area contributed by atoms with Crippen LogP contribution in [0.1, 0.15) is 5.56 Å². The highest BCUT2D eigenvalue weighted by Crippen LogP contribution is 2.21. The maximum atomic E-state index is 4.62. The van der Waals surface area contributed by atoms with E-state index in [0.29, 0.717) is 0 Å². The molecule has 2 aromatic heterocycles. The molecule has 3 aromatic rings. The number of rotatable bonds is 5. The lowest BCUT2D eigenvalue weighted by Gasteiger charge is -2.34. The third kappa shape index (κ3) is 4.26. The fourth-order valence-electron chi connectivity index (χ4n) is 3.41. The maximum absolute atomic E-state index is 4.62. The van der Waals surface area contributed by atoms with E-state index in [1.165, 1.54) is 5.56 Å². The van der Waals surface area contributed by atoms with E-state index < -0.39 is 0 Å². The lowest BCUT2D eigenvalue weighted by Crippen LogP contribution is -2.47.